The molecule has 0 spiro atoms. The summed E-state index contributed by atoms with van der Waals surface area (Å²) in [5.74, 6) is 2.14. The molecule has 2 aromatic carbocycles. The SMILES string of the molecule is COc1ccc(-c2nc(OC)c3cc(OC)ccc3c2Br)cc1. The van der Waals surface area contributed by atoms with Crippen LogP contribution in [0.3, 0.4) is 0 Å². The van der Waals surface area contributed by atoms with Crippen LogP contribution in [0.15, 0.2) is 46.9 Å². The summed E-state index contributed by atoms with van der Waals surface area (Å²) in [6.07, 6.45) is 0. The molecule has 23 heavy (non-hydrogen) atoms. The minimum Gasteiger partial charge on any atom is -0.497 e. The molecule has 5 heteroatoms. The van der Waals surface area contributed by atoms with Crippen molar-refractivity contribution in [3.8, 4) is 28.6 Å². The number of halogens is 1. The van der Waals surface area contributed by atoms with Gasteiger partial charge in [0, 0.05) is 16.3 Å². The fourth-order valence-corrected chi connectivity index (χ4v) is 3.12. The van der Waals surface area contributed by atoms with Gasteiger partial charge < -0.3 is 14.2 Å². The van der Waals surface area contributed by atoms with E-state index < -0.39 is 0 Å². The zero-order valence-corrected chi connectivity index (χ0v) is 14.7. The number of nitrogens with zero attached hydrogens (tertiary/aromatic N) is 1. The van der Waals surface area contributed by atoms with E-state index in [0.29, 0.717) is 5.88 Å². The Kier molecular flexibility index (Phi) is 4.39. The van der Waals surface area contributed by atoms with E-state index >= 15 is 0 Å². The normalized spacial score (nSPS) is 10.6. The van der Waals surface area contributed by atoms with Crippen LogP contribution < -0.4 is 14.2 Å². The summed E-state index contributed by atoms with van der Waals surface area (Å²) in [4.78, 5) is 4.65. The number of benzene rings is 2. The maximum atomic E-state index is 5.48. The average Bonchev–Trinajstić information content (AvgIpc) is 2.62. The van der Waals surface area contributed by atoms with Gasteiger partial charge >= 0.3 is 0 Å². The molecule has 0 unspecified atom stereocenters. The van der Waals surface area contributed by atoms with Crippen molar-refractivity contribution in [1.29, 1.82) is 0 Å². The highest BCUT2D eigenvalue weighted by molar-refractivity contribution is 9.10. The summed E-state index contributed by atoms with van der Waals surface area (Å²) in [6.45, 7) is 0. The molecule has 4 nitrogen and oxygen atoms in total. The molecule has 0 aliphatic rings. The number of aromatic nitrogens is 1. The fraction of sp³-hybridized carbons (Fsp3) is 0.167. The Morgan fingerprint density at radius 3 is 2.04 bits per heavy atom. The van der Waals surface area contributed by atoms with Crippen LogP contribution in [0.5, 0.6) is 17.4 Å². The fourth-order valence-electron chi connectivity index (χ4n) is 2.45. The largest absolute Gasteiger partial charge is 0.497 e. The van der Waals surface area contributed by atoms with Gasteiger partial charge in [0.15, 0.2) is 0 Å². The second-order valence-electron chi connectivity index (χ2n) is 4.92. The Labute approximate surface area is 143 Å². The van der Waals surface area contributed by atoms with E-state index in [1.807, 2.05) is 42.5 Å². The van der Waals surface area contributed by atoms with E-state index in [9.17, 15) is 0 Å². The molecule has 1 heterocycles. The molecule has 118 valence electrons. The lowest BCUT2D eigenvalue weighted by molar-refractivity contribution is 0.402. The lowest BCUT2D eigenvalue weighted by atomic mass is 10.1. The standard InChI is InChI=1S/C18H16BrNO3/c1-21-12-6-4-11(5-7-12)17-16(19)14-9-8-13(22-2)10-15(14)18(20-17)23-3/h4-10H,1-3H3. The van der Waals surface area contributed by atoms with Gasteiger partial charge in [-0.25, -0.2) is 4.98 Å². The van der Waals surface area contributed by atoms with E-state index in [0.717, 1.165) is 38.0 Å². The average molecular weight is 374 g/mol. The Morgan fingerprint density at radius 2 is 1.43 bits per heavy atom. The van der Waals surface area contributed by atoms with Crippen LogP contribution in [0, 0.1) is 0 Å². The second-order valence-corrected chi connectivity index (χ2v) is 5.72. The molecule has 0 amide bonds. The van der Waals surface area contributed by atoms with Crippen molar-refractivity contribution >= 4 is 26.7 Å². The van der Waals surface area contributed by atoms with Crippen molar-refractivity contribution in [3.05, 3.63) is 46.9 Å². The maximum absolute atomic E-state index is 5.48. The Bertz CT molecular complexity index is 847. The van der Waals surface area contributed by atoms with Crippen LogP contribution in [0.2, 0.25) is 0 Å². The molecule has 0 atom stereocenters. The topological polar surface area (TPSA) is 40.6 Å². The molecule has 0 saturated carbocycles. The molecule has 0 aliphatic carbocycles. The first kappa shape index (κ1) is 15.6. The summed E-state index contributed by atoms with van der Waals surface area (Å²) >= 11 is 3.67. The van der Waals surface area contributed by atoms with E-state index in [1.165, 1.54) is 0 Å². The van der Waals surface area contributed by atoms with Crippen molar-refractivity contribution in [1.82, 2.24) is 4.98 Å². The molecule has 0 N–H and O–H groups in total. The minimum atomic E-state index is 0.563. The lowest BCUT2D eigenvalue weighted by Crippen LogP contribution is -1.95. The van der Waals surface area contributed by atoms with Crippen LogP contribution in [-0.4, -0.2) is 26.3 Å². The summed E-state index contributed by atoms with van der Waals surface area (Å²) in [5.41, 5.74) is 1.80. The molecular weight excluding hydrogens is 358 g/mol. The highest BCUT2D eigenvalue weighted by atomic mass is 79.9. The number of fused-ring (bicyclic) bond motifs is 1. The Hall–Kier alpha value is -2.27. The minimum absolute atomic E-state index is 0.563. The summed E-state index contributed by atoms with van der Waals surface area (Å²) in [5, 5.41) is 1.92. The molecule has 3 aromatic rings. The summed E-state index contributed by atoms with van der Waals surface area (Å²) < 4.78 is 16.9. The molecule has 0 saturated heterocycles. The van der Waals surface area contributed by atoms with Gasteiger partial charge in [0.25, 0.3) is 0 Å². The first-order chi connectivity index (χ1) is 11.2. The van der Waals surface area contributed by atoms with Crippen LogP contribution in [0.4, 0.5) is 0 Å². The number of hydrogen-bond donors (Lipinski definition) is 0. The van der Waals surface area contributed by atoms with Crippen molar-refractivity contribution in [2.45, 2.75) is 0 Å². The predicted octanol–water partition coefficient (Wildman–Crippen LogP) is 4.69. The van der Waals surface area contributed by atoms with Gasteiger partial charge in [-0.3, -0.25) is 0 Å². The Balaban J connectivity index is 2.23. The third-order valence-electron chi connectivity index (χ3n) is 3.67. The molecule has 0 fully saturated rings. The van der Waals surface area contributed by atoms with Crippen molar-refractivity contribution in [2.75, 3.05) is 21.3 Å². The first-order valence-electron chi connectivity index (χ1n) is 7.03. The third-order valence-corrected chi connectivity index (χ3v) is 4.47. The van der Waals surface area contributed by atoms with Gasteiger partial charge in [0.1, 0.15) is 11.5 Å². The summed E-state index contributed by atoms with van der Waals surface area (Å²) in [6, 6.07) is 13.6. The van der Waals surface area contributed by atoms with Gasteiger partial charge in [0.2, 0.25) is 5.88 Å². The first-order valence-corrected chi connectivity index (χ1v) is 7.83. The molecule has 0 bridgehead atoms. The number of ether oxygens (including phenoxy) is 3. The number of hydrogen-bond acceptors (Lipinski definition) is 4. The second kappa shape index (κ2) is 6.46. The maximum Gasteiger partial charge on any atom is 0.221 e. The molecule has 1 aromatic heterocycles. The summed E-state index contributed by atoms with van der Waals surface area (Å²) in [7, 11) is 4.91. The van der Waals surface area contributed by atoms with Crippen LogP contribution in [-0.2, 0) is 0 Å². The highest BCUT2D eigenvalue weighted by Crippen LogP contribution is 2.39. The number of methoxy groups -OCH3 is 3. The third kappa shape index (κ3) is 2.84. The molecule has 3 rings (SSSR count). The van der Waals surface area contributed by atoms with Crippen molar-refractivity contribution in [3.63, 3.8) is 0 Å². The van der Waals surface area contributed by atoms with Crippen molar-refractivity contribution < 1.29 is 14.2 Å². The molecule has 0 aliphatic heterocycles. The van der Waals surface area contributed by atoms with E-state index in [2.05, 4.69) is 20.9 Å². The molecule has 0 radical (unpaired) electrons. The van der Waals surface area contributed by atoms with Gasteiger partial charge in [-0.15, -0.1) is 0 Å². The van der Waals surface area contributed by atoms with Gasteiger partial charge in [0.05, 0.1) is 31.5 Å². The van der Waals surface area contributed by atoms with Gasteiger partial charge in [-0.05, 0) is 58.4 Å². The zero-order chi connectivity index (χ0) is 16.4. The number of pyridine rings is 1. The van der Waals surface area contributed by atoms with Gasteiger partial charge in [-0.2, -0.15) is 0 Å². The van der Waals surface area contributed by atoms with E-state index in [1.54, 1.807) is 21.3 Å². The van der Waals surface area contributed by atoms with E-state index in [-0.39, 0.29) is 0 Å². The van der Waals surface area contributed by atoms with Gasteiger partial charge in [-0.1, -0.05) is 0 Å². The lowest BCUT2D eigenvalue weighted by Gasteiger charge is -2.13. The van der Waals surface area contributed by atoms with Crippen LogP contribution in [0.25, 0.3) is 22.0 Å². The van der Waals surface area contributed by atoms with Crippen molar-refractivity contribution in [2.24, 2.45) is 0 Å². The van der Waals surface area contributed by atoms with Crippen LogP contribution >= 0.6 is 15.9 Å². The predicted molar refractivity (Wildman–Crippen MR) is 94.5 cm³/mol. The monoisotopic (exact) mass is 373 g/mol. The quantitative estimate of drug-likeness (QED) is 0.664. The number of rotatable bonds is 4. The highest BCUT2D eigenvalue weighted by Gasteiger charge is 2.15. The smallest absolute Gasteiger partial charge is 0.221 e. The Morgan fingerprint density at radius 1 is 0.783 bits per heavy atom. The van der Waals surface area contributed by atoms with E-state index in [4.69, 9.17) is 14.2 Å². The van der Waals surface area contributed by atoms with Crippen LogP contribution in [0.1, 0.15) is 0 Å². The zero-order valence-electron chi connectivity index (χ0n) is 13.1. The molecular formula is C18H16BrNO3.